The van der Waals surface area contributed by atoms with Crippen LogP contribution in [0, 0.1) is 11.8 Å². The van der Waals surface area contributed by atoms with E-state index in [0.29, 0.717) is 30.7 Å². The monoisotopic (exact) mass is 645 g/mol. The van der Waals surface area contributed by atoms with Crippen LogP contribution in [0.15, 0.2) is 79.9 Å². The van der Waals surface area contributed by atoms with Crippen LogP contribution >= 0.6 is 0 Å². The normalized spacial score (nSPS) is 24.7. The Hall–Kier alpha value is -4.48. The number of benzene rings is 2. The van der Waals surface area contributed by atoms with Gasteiger partial charge in [-0.2, -0.15) is 0 Å². The van der Waals surface area contributed by atoms with Gasteiger partial charge < -0.3 is 34.4 Å². The molecule has 2 aromatic carbocycles. The van der Waals surface area contributed by atoms with Crippen molar-refractivity contribution in [3.8, 4) is 5.75 Å². The van der Waals surface area contributed by atoms with E-state index in [4.69, 9.17) is 14.2 Å². The molecular weight excluding hydrogens is 602 g/mol. The Labute approximate surface area is 275 Å². The van der Waals surface area contributed by atoms with Crippen molar-refractivity contribution in [2.45, 2.75) is 55.9 Å². The van der Waals surface area contributed by atoms with E-state index in [0.717, 1.165) is 5.56 Å². The molecule has 2 bridgehead atoms. The summed E-state index contributed by atoms with van der Waals surface area (Å²) in [5, 5.41) is 12.7. The summed E-state index contributed by atoms with van der Waals surface area (Å²) in [6.45, 7) is 7.53. The fourth-order valence-corrected chi connectivity index (χ4v) is 7.22. The zero-order chi connectivity index (χ0) is 33.6. The number of hydrogen-bond acceptors (Lipinski definition) is 8. The van der Waals surface area contributed by atoms with E-state index < -0.39 is 47.5 Å². The smallest absolute Gasteiger partial charge is 0.306 e. The number of carbonyl (C=O) groups excluding carboxylic acids is 4. The molecule has 0 aromatic heterocycles. The third kappa shape index (κ3) is 6.68. The van der Waals surface area contributed by atoms with E-state index >= 15 is 0 Å². The Kier molecular flexibility index (Phi) is 10.8. The van der Waals surface area contributed by atoms with Gasteiger partial charge in [-0.1, -0.05) is 42.5 Å². The van der Waals surface area contributed by atoms with Crippen molar-refractivity contribution in [3.05, 3.63) is 85.5 Å². The number of esters is 1. The van der Waals surface area contributed by atoms with Crippen LogP contribution in [-0.4, -0.2) is 84.9 Å². The molecule has 3 fully saturated rings. The Balaban J connectivity index is 1.44. The first-order chi connectivity index (χ1) is 22.8. The van der Waals surface area contributed by atoms with Crippen LogP contribution < -0.4 is 15.0 Å². The highest BCUT2D eigenvalue weighted by Crippen LogP contribution is 2.58. The topological polar surface area (TPSA) is 135 Å². The number of nitrogens with zero attached hydrogens (tertiary/aromatic N) is 2. The van der Waals surface area contributed by atoms with E-state index in [-0.39, 0.29) is 51.0 Å². The predicted octanol–water partition coefficient (Wildman–Crippen LogP) is 3.34. The highest BCUT2D eigenvalue weighted by Gasteiger charge is 2.74. The molecule has 0 aliphatic carbocycles. The number of nitrogens with one attached hydrogen (secondary N) is 1. The van der Waals surface area contributed by atoms with Crippen molar-refractivity contribution in [3.63, 3.8) is 0 Å². The summed E-state index contributed by atoms with van der Waals surface area (Å²) in [6, 6.07) is 14.5. The largest absolute Gasteiger partial charge is 0.497 e. The number of anilines is 1. The van der Waals surface area contributed by atoms with Crippen molar-refractivity contribution in [2.75, 3.05) is 38.3 Å². The molecule has 2 aromatic rings. The fourth-order valence-electron chi connectivity index (χ4n) is 7.22. The Morgan fingerprint density at radius 2 is 1.89 bits per heavy atom. The SMILES string of the molecule is C=CCCC(=O)OC[C@@H](NC(=O)[C@@H]1[C@@H]2CC[C@]3(O2)[C@H](C(=O)N(CC=C)c2ccc(OC)cc2)N(CCCO)C(=O)[C@@H]13)c1ccccc1. The van der Waals surface area contributed by atoms with E-state index in [2.05, 4.69) is 18.5 Å². The van der Waals surface area contributed by atoms with Crippen LogP contribution in [0.2, 0.25) is 0 Å². The van der Waals surface area contributed by atoms with E-state index in [1.54, 1.807) is 48.4 Å². The highest BCUT2D eigenvalue weighted by atomic mass is 16.5. The Morgan fingerprint density at radius 3 is 2.55 bits per heavy atom. The molecule has 250 valence electrons. The summed E-state index contributed by atoms with van der Waals surface area (Å²) in [5.74, 6) is -2.64. The molecule has 3 aliphatic heterocycles. The molecule has 6 atom stereocenters. The number of fused-ring (bicyclic) bond motifs is 1. The number of allylic oxidation sites excluding steroid dienone is 1. The molecule has 1 spiro atoms. The van der Waals surface area contributed by atoms with Crippen LogP contribution in [0.1, 0.15) is 43.7 Å². The van der Waals surface area contributed by atoms with E-state index in [1.807, 2.05) is 30.3 Å². The first-order valence-corrected chi connectivity index (χ1v) is 16.1. The second-order valence-corrected chi connectivity index (χ2v) is 12.1. The van der Waals surface area contributed by atoms with Crippen LogP contribution in [0.5, 0.6) is 5.75 Å². The van der Waals surface area contributed by atoms with Crippen molar-refractivity contribution >= 4 is 29.4 Å². The summed E-state index contributed by atoms with van der Waals surface area (Å²) in [5.41, 5.74) is 0.119. The maximum atomic E-state index is 14.6. The molecule has 5 rings (SSSR count). The van der Waals surface area contributed by atoms with Crippen LogP contribution in [0.25, 0.3) is 0 Å². The van der Waals surface area contributed by atoms with E-state index in [1.165, 1.54) is 4.90 Å². The molecule has 3 aliphatic rings. The lowest BCUT2D eigenvalue weighted by Gasteiger charge is -2.36. The molecular formula is C36H43N3O8. The minimum Gasteiger partial charge on any atom is -0.497 e. The third-order valence-corrected chi connectivity index (χ3v) is 9.34. The fraction of sp³-hybridized carbons (Fsp3) is 0.444. The van der Waals surface area contributed by atoms with Crippen LogP contribution in [0.4, 0.5) is 5.69 Å². The van der Waals surface area contributed by atoms with Crippen molar-refractivity contribution in [2.24, 2.45) is 11.8 Å². The average Bonchev–Trinajstić information content (AvgIpc) is 3.74. The highest BCUT2D eigenvalue weighted by molar-refractivity contribution is 6.05. The van der Waals surface area contributed by atoms with Gasteiger partial charge in [0.25, 0.3) is 5.91 Å². The number of rotatable bonds is 16. The van der Waals surface area contributed by atoms with Crippen LogP contribution in [-0.2, 0) is 28.7 Å². The molecule has 3 saturated heterocycles. The molecule has 3 amide bonds. The number of aliphatic hydroxyl groups excluding tert-OH is 1. The molecule has 0 unspecified atom stereocenters. The summed E-state index contributed by atoms with van der Waals surface area (Å²) >= 11 is 0. The molecule has 11 heteroatoms. The molecule has 2 N–H and O–H groups in total. The molecule has 11 nitrogen and oxygen atoms in total. The summed E-state index contributed by atoms with van der Waals surface area (Å²) in [6.07, 6.45) is 4.52. The average molecular weight is 646 g/mol. The second kappa shape index (κ2) is 15.0. The summed E-state index contributed by atoms with van der Waals surface area (Å²) in [7, 11) is 1.56. The molecule has 47 heavy (non-hydrogen) atoms. The van der Waals surface area contributed by atoms with Crippen molar-refractivity contribution in [1.82, 2.24) is 10.2 Å². The lowest BCUT2D eigenvalue weighted by Crippen LogP contribution is -2.56. The molecule has 0 radical (unpaired) electrons. The zero-order valence-corrected chi connectivity index (χ0v) is 26.7. The number of hydrogen-bond donors (Lipinski definition) is 2. The summed E-state index contributed by atoms with van der Waals surface area (Å²) in [4.78, 5) is 58.4. The van der Waals surface area contributed by atoms with Gasteiger partial charge in [0.2, 0.25) is 11.8 Å². The summed E-state index contributed by atoms with van der Waals surface area (Å²) < 4.78 is 17.4. The minimum absolute atomic E-state index is 0.0875. The van der Waals surface area contributed by atoms with Gasteiger partial charge in [0.15, 0.2) is 0 Å². The number of amides is 3. The number of carbonyl (C=O) groups is 4. The molecule has 3 heterocycles. The molecule has 0 saturated carbocycles. The van der Waals surface area contributed by atoms with Gasteiger partial charge in [-0.05, 0) is 55.5 Å². The number of methoxy groups -OCH3 is 1. The van der Waals surface area contributed by atoms with Gasteiger partial charge >= 0.3 is 5.97 Å². The maximum Gasteiger partial charge on any atom is 0.306 e. The first kappa shape index (κ1) is 33.9. The quantitative estimate of drug-likeness (QED) is 0.210. The maximum absolute atomic E-state index is 14.6. The van der Waals surface area contributed by atoms with Gasteiger partial charge in [0, 0.05) is 31.8 Å². The lowest BCUT2D eigenvalue weighted by atomic mass is 9.70. The van der Waals surface area contributed by atoms with Gasteiger partial charge in [0.1, 0.15) is 24.0 Å². The van der Waals surface area contributed by atoms with Crippen molar-refractivity contribution in [1.29, 1.82) is 0 Å². The van der Waals surface area contributed by atoms with E-state index in [9.17, 15) is 24.3 Å². The number of aliphatic hydroxyl groups is 1. The number of ether oxygens (including phenoxy) is 3. The van der Waals surface area contributed by atoms with Gasteiger partial charge in [-0.15, -0.1) is 13.2 Å². The predicted molar refractivity (Wildman–Crippen MR) is 174 cm³/mol. The van der Waals surface area contributed by atoms with Crippen LogP contribution in [0.3, 0.4) is 0 Å². The standard InChI is InChI=1S/C36H43N3O8/c1-4-6-13-29(41)46-23-27(24-11-8-7-9-12-24)37-33(42)30-28-18-19-36(47-28)31(30)34(43)39(21-10-22-40)32(36)35(44)38(20-5-2)25-14-16-26(45-3)17-15-25/h4-5,7-9,11-12,14-17,27-28,30-32,40H,1-2,6,10,13,18-23H2,3H3,(H,37,42)/t27-,28+,30-,31-,32+,36-/m1/s1. The lowest BCUT2D eigenvalue weighted by molar-refractivity contribution is -0.146. The number of likely N-dealkylation sites (tertiary alicyclic amines) is 1. The van der Waals surface area contributed by atoms with Gasteiger partial charge in [0.05, 0.1) is 31.1 Å². The Bertz CT molecular complexity index is 1460. The van der Waals surface area contributed by atoms with Gasteiger partial charge in [-0.3, -0.25) is 19.2 Å². The second-order valence-electron chi connectivity index (χ2n) is 12.1. The third-order valence-electron chi connectivity index (χ3n) is 9.34. The van der Waals surface area contributed by atoms with Crippen molar-refractivity contribution < 1.29 is 38.5 Å². The minimum atomic E-state index is -1.22. The zero-order valence-electron chi connectivity index (χ0n) is 26.7. The first-order valence-electron chi connectivity index (χ1n) is 16.1. The van der Waals surface area contributed by atoms with Gasteiger partial charge in [-0.25, -0.2) is 0 Å². The Morgan fingerprint density at radius 1 is 1.15 bits per heavy atom.